The van der Waals surface area contributed by atoms with Crippen molar-refractivity contribution in [2.24, 2.45) is 0 Å². The zero-order chi connectivity index (χ0) is 14.7. The zero-order valence-electron chi connectivity index (χ0n) is 11.5. The van der Waals surface area contributed by atoms with E-state index in [1.807, 2.05) is 43.1 Å². The summed E-state index contributed by atoms with van der Waals surface area (Å²) in [6, 6.07) is 10.8. The largest absolute Gasteiger partial charge is 0.298 e. The van der Waals surface area contributed by atoms with Crippen molar-refractivity contribution < 1.29 is 8.78 Å². The highest BCUT2D eigenvalue weighted by Crippen LogP contribution is 2.23. The van der Waals surface area contributed by atoms with Gasteiger partial charge in [0.15, 0.2) is 0 Å². The number of nitrogens with zero attached hydrogens (tertiary/aromatic N) is 1. The molecule has 2 aromatic carbocycles. The van der Waals surface area contributed by atoms with Crippen molar-refractivity contribution in [3.05, 3.63) is 69.2 Å². The normalized spacial score (nSPS) is 11.1. The number of hydrogen-bond acceptors (Lipinski definition) is 1. The maximum atomic E-state index is 13.9. The summed E-state index contributed by atoms with van der Waals surface area (Å²) in [5.74, 6) is -1.04. The van der Waals surface area contributed by atoms with E-state index in [1.54, 1.807) is 0 Å². The lowest BCUT2D eigenvalue weighted by molar-refractivity contribution is 0.307. The molecule has 2 aromatic rings. The van der Waals surface area contributed by atoms with Gasteiger partial charge in [-0.25, -0.2) is 8.78 Å². The summed E-state index contributed by atoms with van der Waals surface area (Å²) in [6.45, 7) is 2.90. The number of aryl methyl sites for hydroxylation is 1. The van der Waals surface area contributed by atoms with Crippen LogP contribution in [0.5, 0.6) is 0 Å². The minimum atomic E-state index is -0.527. The Morgan fingerprint density at radius 1 is 1.00 bits per heavy atom. The van der Waals surface area contributed by atoms with E-state index in [-0.39, 0.29) is 16.6 Å². The van der Waals surface area contributed by atoms with Gasteiger partial charge in [0.2, 0.25) is 0 Å². The lowest BCUT2D eigenvalue weighted by atomic mass is 10.1. The summed E-state index contributed by atoms with van der Waals surface area (Å²) in [7, 11) is 1.85. The number of rotatable bonds is 4. The summed E-state index contributed by atoms with van der Waals surface area (Å²) in [5.41, 5.74) is 2.41. The molecule has 0 heterocycles. The quantitative estimate of drug-likeness (QED) is 0.732. The van der Waals surface area contributed by atoms with Crippen LogP contribution in [0, 0.1) is 18.6 Å². The Morgan fingerprint density at radius 3 is 2.30 bits per heavy atom. The Balaban J connectivity index is 2.10. The fourth-order valence-electron chi connectivity index (χ4n) is 2.04. The molecule has 0 aliphatic heterocycles. The van der Waals surface area contributed by atoms with Gasteiger partial charge in [0.05, 0.1) is 4.47 Å². The Morgan fingerprint density at radius 2 is 1.65 bits per heavy atom. The van der Waals surface area contributed by atoms with Crippen LogP contribution in [0.4, 0.5) is 8.78 Å². The van der Waals surface area contributed by atoms with E-state index < -0.39 is 11.6 Å². The summed E-state index contributed by atoms with van der Waals surface area (Å²) >= 11 is 3.08. The van der Waals surface area contributed by atoms with Crippen LogP contribution < -0.4 is 0 Å². The fraction of sp³-hybridized carbons (Fsp3) is 0.250. The first-order valence-corrected chi connectivity index (χ1v) is 7.13. The topological polar surface area (TPSA) is 3.24 Å². The van der Waals surface area contributed by atoms with Crippen LogP contribution in [0.3, 0.4) is 0 Å². The van der Waals surface area contributed by atoms with E-state index >= 15 is 0 Å². The molecule has 0 spiro atoms. The first-order chi connectivity index (χ1) is 9.47. The molecule has 0 aromatic heterocycles. The van der Waals surface area contributed by atoms with Crippen LogP contribution in [-0.4, -0.2) is 11.9 Å². The zero-order valence-corrected chi connectivity index (χ0v) is 13.0. The third-order valence-corrected chi connectivity index (χ3v) is 3.75. The van der Waals surface area contributed by atoms with Crippen molar-refractivity contribution in [1.82, 2.24) is 4.90 Å². The number of hydrogen-bond donors (Lipinski definition) is 0. The molecule has 0 aliphatic carbocycles. The standard InChI is InChI=1S/C16H16BrF2N/c1-11-3-5-12(6-4-11)9-20(2)10-13-15(18)8-7-14(17)16(13)19/h3-8H,9-10H2,1-2H3. The molecular weight excluding hydrogens is 324 g/mol. The molecule has 0 saturated heterocycles. The van der Waals surface area contributed by atoms with E-state index in [4.69, 9.17) is 0 Å². The average molecular weight is 340 g/mol. The molecule has 0 bridgehead atoms. The molecular formula is C16H16BrF2N. The number of benzene rings is 2. The van der Waals surface area contributed by atoms with Gasteiger partial charge in [-0.05, 0) is 47.6 Å². The smallest absolute Gasteiger partial charge is 0.144 e. The van der Waals surface area contributed by atoms with E-state index in [2.05, 4.69) is 15.9 Å². The van der Waals surface area contributed by atoms with Gasteiger partial charge in [-0.3, -0.25) is 4.90 Å². The molecule has 20 heavy (non-hydrogen) atoms. The maximum Gasteiger partial charge on any atom is 0.144 e. The second-order valence-electron chi connectivity index (χ2n) is 4.98. The minimum absolute atomic E-state index is 0.0917. The lowest BCUT2D eigenvalue weighted by Gasteiger charge is -2.18. The van der Waals surface area contributed by atoms with Crippen molar-refractivity contribution in [2.45, 2.75) is 20.0 Å². The van der Waals surface area contributed by atoms with E-state index in [9.17, 15) is 8.78 Å². The third-order valence-electron chi connectivity index (χ3n) is 3.14. The molecule has 106 valence electrons. The molecule has 0 atom stereocenters. The van der Waals surface area contributed by atoms with Crippen molar-refractivity contribution >= 4 is 15.9 Å². The Kier molecular flexibility index (Phi) is 4.89. The van der Waals surface area contributed by atoms with Gasteiger partial charge in [-0.15, -0.1) is 0 Å². The molecule has 0 N–H and O–H groups in total. The van der Waals surface area contributed by atoms with Gasteiger partial charge >= 0.3 is 0 Å². The monoisotopic (exact) mass is 339 g/mol. The second kappa shape index (κ2) is 6.46. The second-order valence-corrected chi connectivity index (χ2v) is 5.83. The fourth-order valence-corrected chi connectivity index (χ4v) is 2.42. The summed E-state index contributed by atoms with van der Waals surface area (Å²) in [6.07, 6.45) is 0. The average Bonchev–Trinajstić information content (AvgIpc) is 2.42. The molecule has 2 rings (SSSR count). The molecule has 4 heteroatoms. The van der Waals surface area contributed by atoms with Gasteiger partial charge in [-0.1, -0.05) is 29.8 Å². The molecule has 1 nitrogen and oxygen atoms in total. The molecule has 0 saturated carbocycles. The van der Waals surface area contributed by atoms with Gasteiger partial charge < -0.3 is 0 Å². The predicted octanol–water partition coefficient (Wildman–Crippen LogP) is 4.67. The Labute approximate surface area is 126 Å². The van der Waals surface area contributed by atoms with Crippen LogP contribution in [0.15, 0.2) is 40.9 Å². The number of halogens is 3. The first-order valence-electron chi connectivity index (χ1n) is 6.34. The van der Waals surface area contributed by atoms with Crippen LogP contribution in [-0.2, 0) is 13.1 Å². The van der Waals surface area contributed by atoms with Gasteiger partial charge in [0, 0.05) is 18.7 Å². The molecule has 0 amide bonds. The van der Waals surface area contributed by atoms with Crippen molar-refractivity contribution in [3.63, 3.8) is 0 Å². The first kappa shape index (κ1) is 15.1. The van der Waals surface area contributed by atoms with Crippen LogP contribution >= 0.6 is 15.9 Å². The predicted molar refractivity (Wildman–Crippen MR) is 80.4 cm³/mol. The van der Waals surface area contributed by atoms with Crippen molar-refractivity contribution in [1.29, 1.82) is 0 Å². The Hall–Kier alpha value is -1.26. The van der Waals surface area contributed by atoms with Crippen molar-refractivity contribution in [2.75, 3.05) is 7.05 Å². The molecule has 0 unspecified atom stereocenters. The highest BCUT2D eigenvalue weighted by atomic mass is 79.9. The molecule has 0 fully saturated rings. The van der Waals surface area contributed by atoms with E-state index in [0.717, 1.165) is 5.56 Å². The summed E-state index contributed by atoms with van der Waals surface area (Å²) in [5, 5.41) is 0. The van der Waals surface area contributed by atoms with E-state index in [0.29, 0.717) is 6.54 Å². The highest BCUT2D eigenvalue weighted by Gasteiger charge is 2.14. The van der Waals surface area contributed by atoms with Crippen molar-refractivity contribution in [3.8, 4) is 0 Å². The SMILES string of the molecule is Cc1ccc(CN(C)Cc2c(F)ccc(Br)c2F)cc1. The van der Waals surface area contributed by atoms with Gasteiger partial charge in [-0.2, -0.15) is 0 Å². The van der Waals surface area contributed by atoms with Crippen LogP contribution in [0.1, 0.15) is 16.7 Å². The minimum Gasteiger partial charge on any atom is -0.298 e. The molecule has 0 aliphatic rings. The summed E-state index contributed by atoms with van der Waals surface area (Å²) < 4.78 is 27.9. The van der Waals surface area contributed by atoms with Crippen LogP contribution in [0.25, 0.3) is 0 Å². The third kappa shape index (κ3) is 3.64. The maximum absolute atomic E-state index is 13.9. The lowest BCUT2D eigenvalue weighted by Crippen LogP contribution is -2.19. The van der Waals surface area contributed by atoms with E-state index in [1.165, 1.54) is 17.7 Å². The Bertz CT molecular complexity index is 596. The van der Waals surface area contributed by atoms with Crippen LogP contribution in [0.2, 0.25) is 0 Å². The molecule has 0 radical (unpaired) electrons. The summed E-state index contributed by atoms with van der Waals surface area (Å²) in [4.78, 5) is 1.89. The van der Waals surface area contributed by atoms with Gasteiger partial charge in [0.1, 0.15) is 11.6 Å². The highest BCUT2D eigenvalue weighted by molar-refractivity contribution is 9.10. The van der Waals surface area contributed by atoms with Gasteiger partial charge in [0.25, 0.3) is 0 Å².